The monoisotopic (exact) mass is 279 g/mol. The molecule has 0 radical (unpaired) electrons. The van der Waals surface area contributed by atoms with Gasteiger partial charge in [0.25, 0.3) is 15.0 Å². The van der Waals surface area contributed by atoms with Crippen molar-refractivity contribution in [3.8, 4) is 0 Å². The first-order chi connectivity index (χ1) is 7.77. The number of carbonyl (C=O) groups is 1. The molecule has 1 atom stereocenters. The van der Waals surface area contributed by atoms with E-state index in [0.29, 0.717) is 0 Å². The molecule has 1 amide bonds. The Hall–Kier alpha value is -1.08. The van der Waals surface area contributed by atoms with Crippen LogP contribution in [0.5, 0.6) is 0 Å². The summed E-state index contributed by atoms with van der Waals surface area (Å²) in [6.07, 6.45) is 0.734. The molecular formula is C9H14ClN3O3S. The molecule has 1 heterocycles. The lowest BCUT2D eigenvalue weighted by molar-refractivity contribution is 0.0931. The van der Waals surface area contributed by atoms with Crippen LogP contribution in [0.25, 0.3) is 0 Å². The molecule has 0 bridgehead atoms. The van der Waals surface area contributed by atoms with Gasteiger partial charge in [-0.1, -0.05) is 6.92 Å². The molecule has 6 nitrogen and oxygen atoms in total. The number of aryl methyl sites for hydroxylation is 1. The number of aromatic nitrogens is 2. The summed E-state index contributed by atoms with van der Waals surface area (Å²) in [5.41, 5.74) is 0.0482. The normalized spacial score (nSPS) is 13.4. The second-order valence-corrected chi connectivity index (χ2v) is 6.25. The molecule has 1 aromatic rings. The Morgan fingerprint density at radius 1 is 1.59 bits per heavy atom. The second kappa shape index (κ2) is 5.05. The third-order valence-electron chi connectivity index (χ3n) is 2.34. The van der Waals surface area contributed by atoms with Crippen LogP contribution < -0.4 is 5.32 Å². The van der Waals surface area contributed by atoms with E-state index in [1.54, 1.807) is 0 Å². The van der Waals surface area contributed by atoms with Gasteiger partial charge in [-0.3, -0.25) is 9.89 Å². The topological polar surface area (TPSA) is 91.9 Å². The average molecular weight is 280 g/mol. The lowest BCUT2D eigenvalue weighted by Gasteiger charge is -2.10. The molecule has 0 aliphatic rings. The van der Waals surface area contributed by atoms with Gasteiger partial charge < -0.3 is 5.32 Å². The summed E-state index contributed by atoms with van der Waals surface area (Å²) in [4.78, 5) is 11.5. The lowest BCUT2D eigenvalue weighted by Crippen LogP contribution is -2.32. The fourth-order valence-corrected chi connectivity index (χ4v) is 2.61. The molecule has 0 aromatic carbocycles. The lowest BCUT2D eigenvalue weighted by atomic mass is 10.2. The highest BCUT2D eigenvalue weighted by Crippen LogP contribution is 2.21. The van der Waals surface area contributed by atoms with Crippen LogP contribution in [0.1, 0.15) is 36.5 Å². The number of hydrogen-bond donors (Lipinski definition) is 2. The predicted octanol–water partition coefficient (Wildman–Crippen LogP) is 1.17. The Kier molecular flexibility index (Phi) is 4.16. The van der Waals surface area contributed by atoms with Crippen LogP contribution >= 0.6 is 10.7 Å². The van der Waals surface area contributed by atoms with Gasteiger partial charge in [-0.05, 0) is 20.3 Å². The number of aromatic amines is 1. The van der Waals surface area contributed by atoms with Crippen molar-refractivity contribution in [2.45, 2.75) is 38.1 Å². The Morgan fingerprint density at radius 2 is 2.18 bits per heavy atom. The number of amides is 1. The highest BCUT2D eigenvalue weighted by atomic mass is 35.7. The van der Waals surface area contributed by atoms with E-state index < -0.39 is 15.0 Å². The van der Waals surface area contributed by atoms with Crippen LogP contribution in [-0.2, 0) is 9.05 Å². The Balaban J connectivity index is 3.12. The van der Waals surface area contributed by atoms with E-state index in [2.05, 4.69) is 15.5 Å². The molecule has 2 N–H and O–H groups in total. The molecule has 17 heavy (non-hydrogen) atoms. The maximum Gasteiger partial charge on any atom is 0.273 e. The number of hydrogen-bond acceptors (Lipinski definition) is 4. The molecular weight excluding hydrogens is 266 g/mol. The van der Waals surface area contributed by atoms with Crippen molar-refractivity contribution < 1.29 is 13.2 Å². The summed E-state index contributed by atoms with van der Waals surface area (Å²) in [5.74, 6) is -0.553. The maximum atomic E-state index is 11.8. The molecule has 0 saturated carbocycles. The van der Waals surface area contributed by atoms with Crippen LogP contribution in [0, 0.1) is 6.92 Å². The van der Waals surface area contributed by atoms with Gasteiger partial charge in [0.1, 0.15) is 4.90 Å². The molecule has 1 unspecified atom stereocenters. The molecule has 0 aliphatic heterocycles. The summed E-state index contributed by atoms with van der Waals surface area (Å²) in [6, 6.07) is -0.0645. The van der Waals surface area contributed by atoms with Gasteiger partial charge in [-0.15, -0.1) is 0 Å². The van der Waals surface area contributed by atoms with Crippen molar-refractivity contribution >= 4 is 25.6 Å². The standard InChI is InChI=1S/C9H14ClN3O3S/c1-4-5(2)11-9(14)7-8(17(10,15)16)6(3)12-13-7/h5H,4H2,1-3H3,(H,11,14)(H,12,13). The first-order valence-electron chi connectivity index (χ1n) is 5.07. The van der Waals surface area contributed by atoms with Crippen molar-refractivity contribution in [2.75, 3.05) is 0 Å². The first kappa shape index (κ1) is 14.0. The van der Waals surface area contributed by atoms with Gasteiger partial charge in [0.2, 0.25) is 0 Å². The van der Waals surface area contributed by atoms with Crippen LogP contribution in [0.2, 0.25) is 0 Å². The Labute approximate surface area is 104 Å². The second-order valence-electron chi connectivity index (χ2n) is 3.75. The summed E-state index contributed by atoms with van der Waals surface area (Å²) >= 11 is 0. The molecule has 1 aromatic heterocycles. The fraction of sp³-hybridized carbons (Fsp3) is 0.556. The van der Waals surface area contributed by atoms with E-state index in [9.17, 15) is 13.2 Å². The molecule has 0 spiro atoms. The smallest absolute Gasteiger partial charge is 0.273 e. The van der Waals surface area contributed by atoms with Gasteiger partial charge in [0, 0.05) is 16.7 Å². The van der Waals surface area contributed by atoms with Crippen LogP contribution in [0.4, 0.5) is 0 Å². The minimum atomic E-state index is -3.99. The number of carbonyl (C=O) groups excluding carboxylic acids is 1. The fourth-order valence-electron chi connectivity index (χ4n) is 1.27. The maximum absolute atomic E-state index is 11.8. The van der Waals surface area contributed by atoms with Crippen molar-refractivity contribution in [3.63, 3.8) is 0 Å². The number of nitrogens with zero attached hydrogens (tertiary/aromatic N) is 1. The summed E-state index contributed by atoms with van der Waals surface area (Å²) in [7, 11) is 1.27. The summed E-state index contributed by atoms with van der Waals surface area (Å²) in [5, 5.41) is 8.74. The molecule has 0 saturated heterocycles. The van der Waals surface area contributed by atoms with E-state index in [1.807, 2.05) is 13.8 Å². The highest BCUT2D eigenvalue weighted by Gasteiger charge is 2.27. The molecule has 8 heteroatoms. The largest absolute Gasteiger partial charge is 0.348 e. The van der Waals surface area contributed by atoms with Crippen molar-refractivity contribution in [2.24, 2.45) is 0 Å². The summed E-state index contributed by atoms with van der Waals surface area (Å²) in [6.45, 7) is 5.20. The van der Waals surface area contributed by atoms with E-state index in [1.165, 1.54) is 6.92 Å². The third-order valence-corrected chi connectivity index (χ3v) is 3.79. The van der Waals surface area contributed by atoms with Crippen LogP contribution in [0.15, 0.2) is 4.90 Å². The first-order valence-corrected chi connectivity index (χ1v) is 7.38. The van der Waals surface area contributed by atoms with Crippen molar-refractivity contribution in [1.82, 2.24) is 15.5 Å². The zero-order valence-corrected chi connectivity index (χ0v) is 11.3. The van der Waals surface area contributed by atoms with Crippen molar-refractivity contribution in [3.05, 3.63) is 11.4 Å². The minimum Gasteiger partial charge on any atom is -0.348 e. The third kappa shape index (κ3) is 3.19. The van der Waals surface area contributed by atoms with Crippen molar-refractivity contribution in [1.29, 1.82) is 0 Å². The number of halogens is 1. The Morgan fingerprint density at radius 3 is 2.65 bits per heavy atom. The zero-order valence-electron chi connectivity index (χ0n) is 9.74. The minimum absolute atomic E-state index is 0.0645. The number of rotatable bonds is 4. The SMILES string of the molecule is CCC(C)NC(=O)c1n[nH]c(C)c1S(=O)(=O)Cl. The average Bonchev–Trinajstić information content (AvgIpc) is 2.59. The van der Waals surface area contributed by atoms with E-state index in [-0.39, 0.29) is 22.3 Å². The van der Waals surface area contributed by atoms with E-state index in [0.717, 1.165) is 6.42 Å². The van der Waals surface area contributed by atoms with E-state index in [4.69, 9.17) is 10.7 Å². The quantitative estimate of drug-likeness (QED) is 0.810. The van der Waals surface area contributed by atoms with Gasteiger partial charge in [0.05, 0.1) is 5.69 Å². The summed E-state index contributed by atoms with van der Waals surface area (Å²) < 4.78 is 22.6. The van der Waals surface area contributed by atoms with Gasteiger partial charge >= 0.3 is 0 Å². The van der Waals surface area contributed by atoms with E-state index >= 15 is 0 Å². The molecule has 96 valence electrons. The van der Waals surface area contributed by atoms with Gasteiger partial charge in [-0.2, -0.15) is 5.10 Å². The van der Waals surface area contributed by atoms with Gasteiger partial charge in [0.15, 0.2) is 5.69 Å². The predicted molar refractivity (Wildman–Crippen MR) is 63.6 cm³/mol. The van der Waals surface area contributed by atoms with Gasteiger partial charge in [-0.25, -0.2) is 8.42 Å². The molecule has 0 aliphatic carbocycles. The van der Waals surface area contributed by atoms with Crippen LogP contribution in [0.3, 0.4) is 0 Å². The number of H-pyrrole nitrogens is 1. The highest BCUT2D eigenvalue weighted by molar-refractivity contribution is 8.13. The Bertz CT molecular complexity index is 524. The number of nitrogens with one attached hydrogen (secondary N) is 2. The zero-order chi connectivity index (χ0) is 13.2. The van der Waals surface area contributed by atoms with Crippen LogP contribution in [-0.4, -0.2) is 30.6 Å². The molecule has 0 fully saturated rings. The molecule has 1 rings (SSSR count).